The molecule has 0 saturated heterocycles. The van der Waals surface area contributed by atoms with Crippen molar-refractivity contribution in [1.82, 2.24) is 10.2 Å². The van der Waals surface area contributed by atoms with Crippen LogP contribution in [0.5, 0.6) is 5.75 Å². The normalized spacial score (nSPS) is 11.6. The summed E-state index contributed by atoms with van der Waals surface area (Å²) in [4.78, 5) is 27.1. The molecule has 0 fully saturated rings. The van der Waals surface area contributed by atoms with Gasteiger partial charge in [0.15, 0.2) is 6.61 Å². The van der Waals surface area contributed by atoms with Crippen LogP contribution in [-0.4, -0.2) is 35.9 Å². The monoisotopic (exact) mass is 514 g/mol. The van der Waals surface area contributed by atoms with Crippen molar-refractivity contribution in [2.45, 2.75) is 39.3 Å². The third kappa shape index (κ3) is 7.49. The first kappa shape index (κ1) is 24.5. The molecule has 0 aliphatic carbocycles. The zero-order chi connectivity index (χ0) is 22.1. The molecule has 2 amide bonds. The Kier molecular flexibility index (Phi) is 9.95. The number of hydrogen-bond acceptors (Lipinski definition) is 3. The Morgan fingerprint density at radius 2 is 1.80 bits per heavy atom. The fourth-order valence-electron chi connectivity index (χ4n) is 2.72. The average molecular weight is 516 g/mol. The molecular formula is C22H25BrCl2N2O3. The lowest BCUT2D eigenvalue weighted by atomic mass is 10.1. The quantitative estimate of drug-likeness (QED) is 0.427. The predicted molar refractivity (Wildman–Crippen MR) is 124 cm³/mol. The standard InChI is InChI=1S/C22H25BrCl2N2O3/c1-3-4-11-26-22(29)15(2)27(13-16-5-7-17(24)8-6-16)21(28)14-30-20-10-9-18(25)12-19(20)23/h5-10,12,15H,3-4,11,13-14H2,1-2H3,(H,26,29)/t15-/m1/s1. The van der Waals surface area contributed by atoms with Gasteiger partial charge in [-0.3, -0.25) is 9.59 Å². The Morgan fingerprint density at radius 1 is 1.13 bits per heavy atom. The maximum absolute atomic E-state index is 13.0. The van der Waals surface area contributed by atoms with Gasteiger partial charge in [0, 0.05) is 23.1 Å². The van der Waals surface area contributed by atoms with Gasteiger partial charge in [-0.2, -0.15) is 0 Å². The van der Waals surface area contributed by atoms with E-state index in [1.165, 1.54) is 4.90 Å². The molecule has 2 aromatic carbocycles. The number of amides is 2. The number of benzene rings is 2. The van der Waals surface area contributed by atoms with Crippen molar-refractivity contribution >= 4 is 50.9 Å². The second kappa shape index (κ2) is 12.2. The topological polar surface area (TPSA) is 58.6 Å². The van der Waals surface area contributed by atoms with Gasteiger partial charge in [0.1, 0.15) is 11.8 Å². The van der Waals surface area contributed by atoms with Crippen LogP contribution in [-0.2, 0) is 16.1 Å². The Hall–Kier alpha value is -1.76. The van der Waals surface area contributed by atoms with Crippen LogP contribution in [0.25, 0.3) is 0 Å². The van der Waals surface area contributed by atoms with E-state index in [1.54, 1.807) is 37.3 Å². The molecule has 0 radical (unpaired) electrons. The molecule has 5 nitrogen and oxygen atoms in total. The maximum atomic E-state index is 13.0. The zero-order valence-electron chi connectivity index (χ0n) is 17.0. The summed E-state index contributed by atoms with van der Waals surface area (Å²) >= 11 is 15.3. The van der Waals surface area contributed by atoms with Crippen LogP contribution in [0.4, 0.5) is 0 Å². The highest BCUT2D eigenvalue weighted by atomic mass is 79.9. The van der Waals surface area contributed by atoms with Crippen LogP contribution in [0.1, 0.15) is 32.3 Å². The third-order valence-corrected chi connectivity index (χ3v) is 5.61. The molecule has 0 aromatic heterocycles. The van der Waals surface area contributed by atoms with Gasteiger partial charge in [-0.15, -0.1) is 0 Å². The van der Waals surface area contributed by atoms with Gasteiger partial charge < -0.3 is 15.0 Å². The highest BCUT2D eigenvalue weighted by molar-refractivity contribution is 9.10. The largest absolute Gasteiger partial charge is 0.483 e. The number of carbonyl (C=O) groups is 2. The summed E-state index contributed by atoms with van der Waals surface area (Å²) in [6, 6.07) is 11.6. The van der Waals surface area contributed by atoms with Gasteiger partial charge in [-0.1, -0.05) is 48.7 Å². The lowest BCUT2D eigenvalue weighted by molar-refractivity contribution is -0.142. The lowest BCUT2D eigenvalue weighted by Crippen LogP contribution is -2.49. The molecule has 2 aromatic rings. The molecule has 0 unspecified atom stereocenters. The van der Waals surface area contributed by atoms with Crippen LogP contribution < -0.4 is 10.1 Å². The van der Waals surface area contributed by atoms with E-state index in [2.05, 4.69) is 28.2 Å². The first-order valence-electron chi connectivity index (χ1n) is 9.71. The highest BCUT2D eigenvalue weighted by Gasteiger charge is 2.26. The molecule has 0 aliphatic heterocycles. The van der Waals surface area contributed by atoms with Crippen LogP contribution in [0.3, 0.4) is 0 Å². The van der Waals surface area contributed by atoms with Crippen molar-refractivity contribution in [2.24, 2.45) is 0 Å². The van der Waals surface area contributed by atoms with Crippen LogP contribution in [0.2, 0.25) is 10.0 Å². The second-order valence-corrected chi connectivity index (χ2v) is 8.56. The van der Waals surface area contributed by atoms with Crippen molar-refractivity contribution in [1.29, 1.82) is 0 Å². The summed E-state index contributed by atoms with van der Waals surface area (Å²) in [5.74, 6) is 0.00243. The van der Waals surface area contributed by atoms with E-state index >= 15 is 0 Å². The van der Waals surface area contributed by atoms with E-state index in [4.69, 9.17) is 27.9 Å². The number of nitrogens with one attached hydrogen (secondary N) is 1. The molecule has 1 atom stereocenters. The van der Waals surface area contributed by atoms with Gasteiger partial charge in [0.2, 0.25) is 5.91 Å². The Labute approximate surface area is 195 Å². The highest BCUT2D eigenvalue weighted by Crippen LogP contribution is 2.28. The molecule has 0 heterocycles. The predicted octanol–water partition coefficient (Wildman–Crippen LogP) is 5.47. The van der Waals surface area contributed by atoms with E-state index in [-0.39, 0.29) is 25.0 Å². The first-order chi connectivity index (χ1) is 14.3. The van der Waals surface area contributed by atoms with Gasteiger partial charge in [-0.05, 0) is 65.2 Å². The van der Waals surface area contributed by atoms with Crippen molar-refractivity contribution < 1.29 is 14.3 Å². The number of nitrogens with zero attached hydrogens (tertiary/aromatic N) is 1. The number of ether oxygens (including phenoxy) is 1. The number of rotatable bonds is 10. The number of halogens is 3. The number of unbranched alkanes of at least 4 members (excludes halogenated alkanes) is 1. The van der Waals surface area contributed by atoms with Crippen molar-refractivity contribution in [3.05, 3.63) is 62.5 Å². The summed E-state index contributed by atoms with van der Waals surface area (Å²) in [6.45, 7) is 4.41. The van der Waals surface area contributed by atoms with Crippen LogP contribution in [0, 0.1) is 0 Å². The van der Waals surface area contributed by atoms with E-state index in [0.29, 0.717) is 26.8 Å². The van der Waals surface area contributed by atoms with E-state index in [9.17, 15) is 9.59 Å². The third-order valence-electron chi connectivity index (χ3n) is 4.51. The molecule has 0 bridgehead atoms. The minimum Gasteiger partial charge on any atom is -0.483 e. The van der Waals surface area contributed by atoms with Crippen molar-refractivity contribution in [2.75, 3.05) is 13.2 Å². The Morgan fingerprint density at radius 3 is 2.43 bits per heavy atom. The minimum absolute atomic E-state index is 0.196. The summed E-state index contributed by atoms with van der Waals surface area (Å²) in [7, 11) is 0. The number of hydrogen-bond donors (Lipinski definition) is 1. The molecule has 0 saturated carbocycles. The molecule has 0 aliphatic rings. The summed E-state index contributed by atoms with van der Waals surface area (Å²) in [5.41, 5.74) is 0.869. The van der Waals surface area contributed by atoms with Gasteiger partial charge in [-0.25, -0.2) is 0 Å². The Balaban J connectivity index is 2.12. The van der Waals surface area contributed by atoms with Crippen LogP contribution in [0.15, 0.2) is 46.9 Å². The fourth-order valence-corrected chi connectivity index (χ4v) is 3.64. The Bertz CT molecular complexity index is 862. The van der Waals surface area contributed by atoms with Crippen LogP contribution >= 0.6 is 39.1 Å². The zero-order valence-corrected chi connectivity index (χ0v) is 20.1. The van der Waals surface area contributed by atoms with E-state index < -0.39 is 6.04 Å². The fraction of sp³-hybridized carbons (Fsp3) is 0.364. The van der Waals surface area contributed by atoms with Crippen molar-refractivity contribution in [3.63, 3.8) is 0 Å². The van der Waals surface area contributed by atoms with E-state index in [0.717, 1.165) is 18.4 Å². The SMILES string of the molecule is CCCCNC(=O)[C@@H](C)N(Cc1ccc(Cl)cc1)C(=O)COc1ccc(Cl)cc1Br. The summed E-state index contributed by atoms with van der Waals surface area (Å²) in [5, 5.41) is 4.05. The smallest absolute Gasteiger partial charge is 0.261 e. The maximum Gasteiger partial charge on any atom is 0.261 e. The summed E-state index contributed by atoms with van der Waals surface area (Å²) in [6.07, 6.45) is 1.86. The van der Waals surface area contributed by atoms with Gasteiger partial charge in [0.05, 0.1) is 4.47 Å². The van der Waals surface area contributed by atoms with E-state index in [1.807, 2.05) is 12.1 Å². The molecular weight excluding hydrogens is 491 g/mol. The first-order valence-corrected chi connectivity index (χ1v) is 11.3. The summed E-state index contributed by atoms with van der Waals surface area (Å²) < 4.78 is 6.32. The average Bonchev–Trinajstić information content (AvgIpc) is 2.72. The molecule has 0 spiro atoms. The van der Waals surface area contributed by atoms with Crippen molar-refractivity contribution in [3.8, 4) is 5.75 Å². The number of carbonyl (C=O) groups excluding carboxylic acids is 2. The molecule has 30 heavy (non-hydrogen) atoms. The molecule has 2 rings (SSSR count). The lowest BCUT2D eigenvalue weighted by Gasteiger charge is -2.29. The van der Waals surface area contributed by atoms with Gasteiger partial charge in [0.25, 0.3) is 5.91 Å². The molecule has 162 valence electrons. The van der Waals surface area contributed by atoms with Gasteiger partial charge >= 0.3 is 0 Å². The minimum atomic E-state index is -0.651. The molecule has 8 heteroatoms. The second-order valence-electron chi connectivity index (χ2n) is 6.83. The molecule has 1 N–H and O–H groups in total.